The molecule has 0 aromatic carbocycles. The fourth-order valence-electron chi connectivity index (χ4n) is 1.13. The first-order valence-corrected chi connectivity index (χ1v) is 3.41. The van der Waals surface area contributed by atoms with E-state index in [4.69, 9.17) is 4.74 Å². The van der Waals surface area contributed by atoms with E-state index in [0.717, 1.165) is 17.5 Å². The normalized spacial score (nSPS) is 14.5. The average Bonchev–Trinajstić information content (AvgIpc) is 2.50. The number of hydrogen-bond acceptors (Lipinski definition) is 3. The molecule has 0 radical (unpaired) electrons. The van der Waals surface area contributed by atoms with Crippen LogP contribution in [0.4, 0.5) is 0 Å². The maximum absolute atomic E-state index is 10.3. The van der Waals surface area contributed by atoms with Gasteiger partial charge in [-0.05, 0) is 6.07 Å². The molecule has 56 valence electrons. The summed E-state index contributed by atoms with van der Waals surface area (Å²) in [4.78, 5) is 14.4. The summed E-state index contributed by atoms with van der Waals surface area (Å²) in [5.74, 6) is 0. The maximum Gasteiger partial charge on any atom is 0.151 e. The van der Waals surface area contributed by atoms with Crippen LogP contribution in [0.2, 0.25) is 0 Å². The van der Waals surface area contributed by atoms with Crippen molar-refractivity contribution >= 4 is 6.29 Å². The number of pyridine rings is 1. The third kappa shape index (κ3) is 1.03. The third-order valence-electron chi connectivity index (χ3n) is 1.71. The molecule has 3 heteroatoms. The third-order valence-corrected chi connectivity index (χ3v) is 1.71. The van der Waals surface area contributed by atoms with Gasteiger partial charge in [0.2, 0.25) is 0 Å². The van der Waals surface area contributed by atoms with Gasteiger partial charge in [-0.25, -0.2) is 0 Å². The van der Waals surface area contributed by atoms with Crippen LogP contribution >= 0.6 is 0 Å². The molecule has 2 rings (SSSR count). The Hall–Kier alpha value is -1.22. The molecular formula is C8H7NO2. The van der Waals surface area contributed by atoms with Crippen LogP contribution in [0.1, 0.15) is 21.6 Å². The summed E-state index contributed by atoms with van der Waals surface area (Å²) in [6.45, 7) is 1.17. The predicted molar refractivity (Wildman–Crippen MR) is 38.1 cm³/mol. The summed E-state index contributed by atoms with van der Waals surface area (Å²) in [7, 11) is 0. The zero-order valence-corrected chi connectivity index (χ0v) is 5.91. The smallest absolute Gasteiger partial charge is 0.151 e. The Balaban J connectivity index is 2.48. The minimum atomic E-state index is 0.578. The predicted octanol–water partition coefficient (Wildman–Crippen LogP) is 0.924. The van der Waals surface area contributed by atoms with E-state index in [1.807, 2.05) is 6.07 Å². The molecule has 1 aromatic heterocycles. The van der Waals surface area contributed by atoms with Gasteiger partial charge < -0.3 is 4.74 Å². The van der Waals surface area contributed by atoms with Gasteiger partial charge in [0, 0.05) is 17.3 Å². The van der Waals surface area contributed by atoms with Crippen molar-refractivity contribution in [2.75, 3.05) is 0 Å². The Labute approximate surface area is 64.0 Å². The van der Waals surface area contributed by atoms with E-state index in [-0.39, 0.29) is 0 Å². The van der Waals surface area contributed by atoms with E-state index >= 15 is 0 Å². The lowest BCUT2D eigenvalue weighted by atomic mass is 10.2. The number of carbonyl (C=O) groups is 1. The van der Waals surface area contributed by atoms with Gasteiger partial charge in [-0.2, -0.15) is 0 Å². The molecule has 1 aromatic rings. The Morgan fingerprint density at radius 3 is 3.27 bits per heavy atom. The van der Waals surface area contributed by atoms with Gasteiger partial charge in [0.05, 0.1) is 18.9 Å². The van der Waals surface area contributed by atoms with Crippen LogP contribution in [-0.4, -0.2) is 11.3 Å². The molecule has 0 bridgehead atoms. The van der Waals surface area contributed by atoms with E-state index in [2.05, 4.69) is 4.98 Å². The lowest BCUT2D eigenvalue weighted by Crippen LogP contribution is -1.90. The highest BCUT2D eigenvalue weighted by atomic mass is 16.5. The zero-order valence-electron chi connectivity index (χ0n) is 5.91. The Kier molecular flexibility index (Phi) is 1.43. The zero-order chi connectivity index (χ0) is 7.68. The molecule has 11 heavy (non-hydrogen) atoms. The number of carbonyl (C=O) groups excluding carboxylic acids is 1. The van der Waals surface area contributed by atoms with Crippen molar-refractivity contribution in [2.45, 2.75) is 13.2 Å². The number of fused-ring (bicyclic) bond motifs is 1. The van der Waals surface area contributed by atoms with E-state index in [1.165, 1.54) is 0 Å². The second-order valence-corrected chi connectivity index (χ2v) is 2.49. The lowest BCUT2D eigenvalue weighted by Gasteiger charge is -1.94. The standard InChI is InChI=1S/C8H7NO2/c10-3-6-1-7-4-11-5-8(7)9-2-6/h1-3H,4-5H2. The number of aldehydes is 1. The van der Waals surface area contributed by atoms with Crippen LogP contribution < -0.4 is 0 Å². The molecule has 0 saturated heterocycles. The first-order valence-electron chi connectivity index (χ1n) is 3.41. The van der Waals surface area contributed by atoms with Crippen molar-refractivity contribution in [3.8, 4) is 0 Å². The van der Waals surface area contributed by atoms with E-state index < -0.39 is 0 Å². The van der Waals surface area contributed by atoms with Gasteiger partial charge in [-0.3, -0.25) is 9.78 Å². The molecule has 0 fully saturated rings. The number of ether oxygens (including phenoxy) is 1. The van der Waals surface area contributed by atoms with Crippen molar-refractivity contribution in [3.63, 3.8) is 0 Å². The van der Waals surface area contributed by atoms with Gasteiger partial charge in [0.25, 0.3) is 0 Å². The molecule has 0 atom stereocenters. The second-order valence-electron chi connectivity index (χ2n) is 2.49. The average molecular weight is 149 g/mol. The van der Waals surface area contributed by atoms with Crippen LogP contribution in [0.25, 0.3) is 0 Å². The summed E-state index contributed by atoms with van der Waals surface area (Å²) >= 11 is 0. The summed E-state index contributed by atoms with van der Waals surface area (Å²) in [6.07, 6.45) is 2.37. The number of nitrogens with zero attached hydrogens (tertiary/aromatic N) is 1. The summed E-state index contributed by atoms with van der Waals surface area (Å²) in [6, 6.07) is 1.82. The Bertz CT molecular complexity index is 296. The number of hydrogen-bond donors (Lipinski definition) is 0. The molecule has 3 nitrogen and oxygen atoms in total. The van der Waals surface area contributed by atoms with Gasteiger partial charge in [0.1, 0.15) is 0 Å². The van der Waals surface area contributed by atoms with Crippen molar-refractivity contribution in [3.05, 3.63) is 29.1 Å². The van der Waals surface area contributed by atoms with Crippen LogP contribution in [0.15, 0.2) is 12.3 Å². The Morgan fingerprint density at radius 1 is 1.55 bits per heavy atom. The number of rotatable bonds is 1. The van der Waals surface area contributed by atoms with Gasteiger partial charge in [0.15, 0.2) is 6.29 Å². The highest BCUT2D eigenvalue weighted by Crippen LogP contribution is 2.17. The van der Waals surface area contributed by atoms with Crippen LogP contribution in [-0.2, 0) is 18.0 Å². The molecule has 1 aliphatic rings. The molecule has 0 unspecified atom stereocenters. The monoisotopic (exact) mass is 149 g/mol. The molecule has 2 heterocycles. The van der Waals surface area contributed by atoms with E-state index in [9.17, 15) is 4.79 Å². The molecule has 0 spiro atoms. The summed E-state index contributed by atoms with van der Waals surface area (Å²) in [5.41, 5.74) is 2.61. The van der Waals surface area contributed by atoms with Gasteiger partial charge in [-0.15, -0.1) is 0 Å². The summed E-state index contributed by atoms with van der Waals surface area (Å²) in [5, 5.41) is 0. The first-order chi connectivity index (χ1) is 5.40. The van der Waals surface area contributed by atoms with Gasteiger partial charge >= 0.3 is 0 Å². The Morgan fingerprint density at radius 2 is 2.45 bits per heavy atom. The SMILES string of the molecule is O=Cc1cnc2c(c1)COC2. The lowest BCUT2D eigenvalue weighted by molar-refractivity contribution is 0.112. The van der Waals surface area contributed by atoms with Gasteiger partial charge in [-0.1, -0.05) is 0 Å². The number of aromatic nitrogens is 1. The van der Waals surface area contributed by atoms with Crippen LogP contribution in [0.3, 0.4) is 0 Å². The minimum Gasteiger partial charge on any atom is -0.370 e. The fraction of sp³-hybridized carbons (Fsp3) is 0.250. The van der Waals surface area contributed by atoms with Crippen molar-refractivity contribution in [1.29, 1.82) is 0 Å². The second kappa shape index (κ2) is 2.43. The molecule has 0 amide bonds. The molecular weight excluding hydrogens is 142 g/mol. The van der Waals surface area contributed by atoms with Crippen LogP contribution in [0, 0.1) is 0 Å². The van der Waals surface area contributed by atoms with Crippen molar-refractivity contribution in [1.82, 2.24) is 4.98 Å². The maximum atomic E-state index is 10.3. The highest BCUT2D eigenvalue weighted by molar-refractivity contribution is 5.74. The minimum absolute atomic E-state index is 0.578. The summed E-state index contributed by atoms with van der Waals surface area (Å²) < 4.78 is 5.14. The quantitative estimate of drug-likeness (QED) is 0.557. The first kappa shape index (κ1) is 6.49. The van der Waals surface area contributed by atoms with E-state index in [0.29, 0.717) is 18.8 Å². The molecule has 0 aliphatic carbocycles. The molecule has 1 aliphatic heterocycles. The van der Waals surface area contributed by atoms with Crippen molar-refractivity contribution < 1.29 is 9.53 Å². The molecule has 0 N–H and O–H groups in total. The van der Waals surface area contributed by atoms with Crippen molar-refractivity contribution in [2.24, 2.45) is 0 Å². The topological polar surface area (TPSA) is 39.2 Å². The fourth-order valence-corrected chi connectivity index (χ4v) is 1.13. The largest absolute Gasteiger partial charge is 0.370 e. The molecule has 0 saturated carbocycles. The van der Waals surface area contributed by atoms with E-state index in [1.54, 1.807) is 6.20 Å². The van der Waals surface area contributed by atoms with Crippen LogP contribution in [0.5, 0.6) is 0 Å². The highest BCUT2D eigenvalue weighted by Gasteiger charge is 2.11.